The van der Waals surface area contributed by atoms with Crippen molar-refractivity contribution >= 4 is 22.9 Å². The van der Waals surface area contributed by atoms with Crippen LogP contribution < -0.4 is 0 Å². The maximum atomic E-state index is 14.0. The molecule has 1 heterocycles. The Morgan fingerprint density at radius 2 is 1.97 bits per heavy atom. The van der Waals surface area contributed by atoms with Crippen molar-refractivity contribution < 1.29 is 9.18 Å². The molecule has 1 aliphatic rings. The van der Waals surface area contributed by atoms with Gasteiger partial charge in [-0.05, 0) is 31.1 Å². The molecule has 4 nitrogen and oxygen atoms in total. The molecule has 5 heteroatoms. The van der Waals surface area contributed by atoms with Crippen molar-refractivity contribution in [2.45, 2.75) is 38.4 Å². The summed E-state index contributed by atoms with van der Waals surface area (Å²) in [7, 11) is 0. The van der Waals surface area contributed by atoms with E-state index >= 15 is 0 Å². The smallest absolute Gasteiger partial charge is 0.247 e. The molecule has 4 rings (SSSR count). The SMILES string of the molecule is N#CCCn1cc(/C=C/C(=O)N(Cc2ccccc2F)C2CC2)c2ccccc21. The molecule has 0 saturated heterocycles. The van der Waals surface area contributed by atoms with E-state index in [1.165, 1.54) is 6.07 Å². The van der Waals surface area contributed by atoms with Crippen LogP contribution in [0.2, 0.25) is 0 Å². The molecule has 2 aromatic carbocycles. The lowest BCUT2D eigenvalue weighted by Gasteiger charge is -2.21. The Labute approximate surface area is 169 Å². The molecule has 1 aliphatic carbocycles. The van der Waals surface area contributed by atoms with E-state index in [0.29, 0.717) is 18.5 Å². The fourth-order valence-corrected chi connectivity index (χ4v) is 3.60. The normalized spacial score (nSPS) is 13.7. The monoisotopic (exact) mass is 387 g/mol. The van der Waals surface area contributed by atoms with Gasteiger partial charge in [0.05, 0.1) is 12.5 Å². The molecular formula is C24H22FN3O. The van der Waals surface area contributed by atoms with E-state index in [9.17, 15) is 9.18 Å². The number of hydrogen-bond acceptors (Lipinski definition) is 2. The minimum Gasteiger partial charge on any atom is -0.346 e. The number of amides is 1. The second kappa shape index (κ2) is 8.32. The molecule has 0 radical (unpaired) electrons. The van der Waals surface area contributed by atoms with Crippen molar-refractivity contribution in [2.75, 3.05) is 0 Å². The average molecular weight is 387 g/mol. The van der Waals surface area contributed by atoms with E-state index in [1.807, 2.05) is 41.1 Å². The predicted octanol–water partition coefficient (Wildman–Crippen LogP) is 4.90. The Hall–Kier alpha value is -3.39. The quantitative estimate of drug-likeness (QED) is 0.542. The highest BCUT2D eigenvalue weighted by Gasteiger charge is 2.32. The standard InChI is InChI=1S/C24H22FN3O/c25-22-8-3-1-6-19(22)17-28(20-11-12-20)24(29)13-10-18-16-27(15-5-14-26)23-9-4-2-7-21(18)23/h1-4,6-10,13,16,20H,5,11-12,15,17H2/b13-10+. The number of fused-ring (bicyclic) bond motifs is 1. The van der Waals surface area contributed by atoms with Gasteiger partial charge in [-0.15, -0.1) is 0 Å². The lowest BCUT2D eigenvalue weighted by Crippen LogP contribution is -2.31. The number of benzene rings is 2. The first kappa shape index (κ1) is 18.9. The van der Waals surface area contributed by atoms with Gasteiger partial charge in [0.25, 0.3) is 0 Å². The van der Waals surface area contributed by atoms with Crippen LogP contribution in [0.15, 0.2) is 60.8 Å². The summed E-state index contributed by atoms with van der Waals surface area (Å²) in [5.41, 5.74) is 2.52. The van der Waals surface area contributed by atoms with E-state index in [-0.39, 0.29) is 24.3 Å². The zero-order valence-corrected chi connectivity index (χ0v) is 16.1. The lowest BCUT2D eigenvalue weighted by atomic mass is 10.1. The number of carbonyl (C=O) groups is 1. The molecule has 0 N–H and O–H groups in total. The Morgan fingerprint density at radius 3 is 2.72 bits per heavy atom. The summed E-state index contributed by atoms with van der Waals surface area (Å²) in [5, 5.41) is 9.93. The highest BCUT2D eigenvalue weighted by molar-refractivity contribution is 5.96. The van der Waals surface area contributed by atoms with Crippen molar-refractivity contribution in [3.05, 3.63) is 77.7 Å². The van der Waals surface area contributed by atoms with Crippen LogP contribution in [0.1, 0.15) is 30.4 Å². The van der Waals surface area contributed by atoms with Gasteiger partial charge in [0.2, 0.25) is 5.91 Å². The topological polar surface area (TPSA) is 49.0 Å². The Kier molecular flexibility index (Phi) is 5.44. The molecular weight excluding hydrogens is 365 g/mol. The Balaban J connectivity index is 1.57. The van der Waals surface area contributed by atoms with Crippen molar-refractivity contribution in [2.24, 2.45) is 0 Å². The van der Waals surface area contributed by atoms with Gasteiger partial charge < -0.3 is 9.47 Å². The zero-order valence-electron chi connectivity index (χ0n) is 16.1. The van der Waals surface area contributed by atoms with Gasteiger partial charge in [0.15, 0.2) is 0 Å². The third-order valence-electron chi connectivity index (χ3n) is 5.26. The van der Waals surface area contributed by atoms with Gasteiger partial charge in [0, 0.05) is 53.4 Å². The minimum absolute atomic E-state index is 0.107. The molecule has 0 aliphatic heterocycles. The first-order valence-electron chi connectivity index (χ1n) is 9.84. The number of carbonyl (C=O) groups excluding carboxylic acids is 1. The second-order valence-corrected chi connectivity index (χ2v) is 7.33. The van der Waals surface area contributed by atoms with Crippen LogP contribution in [0.3, 0.4) is 0 Å². The second-order valence-electron chi connectivity index (χ2n) is 7.33. The molecule has 0 spiro atoms. The van der Waals surface area contributed by atoms with E-state index in [2.05, 4.69) is 6.07 Å². The van der Waals surface area contributed by atoms with Crippen molar-refractivity contribution in [3.63, 3.8) is 0 Å². The van der Waals surface area contributed by atoms with Crippen molar-refractivity contribution in [3.8, 4) is 6.07 Å². The van der Waals surface area contributed by atoms with E-state index in [4.69, 9.17) is 5.26 Å². The fraction of sp³-hybridized carbons (Fsp3) is 0.250. The van der Waals surface area contributed by atoms with E-state index < -0.39 is 0 Å². The Morgan fingerprint density at radius 1 is 1.21 bits per heavy atom. The highest BCUT2D eigenvalue weighted by Crippen LogP contribution is 2.29. The summed E-state index contributed by atoms with van der Waals surface area (Å²) in [4.78, 5) is 14.6. The number of hydrogen-bond donors (Lipinski definition) is 0. The molecule has 3 aromatic rings. The largest absolute Gasteiger partial charge is 0.346 e. The van der Waals surface area contributed by atoms with Gasteiger partial charge in [-0.3, -0.25) is 4.79 Å². The summed E-state index contributed by atoms with van der Waals surface area (Å²) in [6, 6.07) is 16.9. The lowest BCUT2D eigenvalue weighted by molar-refractivity contribution is -0.127. The molecule has 1 fully saturated rings. The molecule has 0 atom stereocenters. The third kappa shape index (κ3) is 4.22. The van der Waals surface area contributed by atoms with Crippen LogP contribution in [0.5, 0.6) is 0 Å². The van der Waals surface area contributed by atoms with Crippen LogP contribution in [0.25, 0.3) is 17.0 Å². The van der Waals surface area contributed by atoms with Gasteiger partial charge in [-0.25, -0.2) is 4.39 Å². The number of para-hydroxylation sites is 1. The average Bonchev–Trinajstić information content (AvgIpc) is 3.52. The predicted molar refractivity (Wildman–Crippen MR) is 111 cm³/mol. The molecule has 0 unspecified atom stereocenters. The molecule has 1 saturated carbocycles. The van der Waals surface area contributed by atoms with Crippen molar-refractivity contribution in [1.29, 1.82) is 5.26 Å². The maximum Gasteiger partial charge on any atom is 0.247 e. The van der Waals surface area contributed by atoms with Crippen molar-refractivity contribution in [1.82, 2.24) is 9.47 Å². The summed E-state index contributed by atoms with van der Waals surface area (Å²) < 4.78 is 16.1. The van der Waals surface area contributed by atoms with Crippen LogP contribution in [-0.2, 0) is 17.9 Å². The number of nitriles is 1. The summed E-state index contributed by atoms with van der Waals surface area (Å²) in [6.45, 7) is 0.894. The number of aromatic nitrogens is 1. The first-order chi connectivity index (χ1) is 14.2. The van der Waals surface area contributed by atoms with Gasteiger partial charge >= 0.3 is 0 Å². The molecule has 1 aromatic heterocycles. The van der Waals surface area contributed by atoms with Gasteiger partial charge in [0.1, 0.15) is 5.82 Å². The third-order valence-corrected chi connectivity index (χ3v) is 5.26. The molecule has 1 amide bonds. The van der Waals surface area contributed by atoms with Crippen LogP contribution in [-0.4, -0.2) is 21.4 Å². The van der Waals surface area contributed by atoms with Crippen LogP contribution in [0, 0.1) is 17.1 Å². The number of rotatable bonds is 7. The maximum absolute atomic E-state index is 14.0. The number of nitrogens with zero attached hydrogens (tertiary/aromatic N) is 3. The summed E-state index contributed by atoms with van der Waals surface area (Å²) in [5.74, 6) is -0.389. The van der Waals surface area contributed by atoms with Crippen LogP contribution in [0.4, 0.5) is 4.39 Å². The minimum atomic E-state index is -0.282. The molecule has 0 bridgehead atoms. The van der Waals surface area contributed by atoms with Gasteiger partial charge in [-0.2, -0.15) is 5.26 Å². The Bertz CT molecular complexity index is 1100. The number of halogens is 1. The summed E-state index contributed by atoms with van der Waals surface area (Å²) >= 11 is 0. The van der Waals surface area contributed by atoms with E-state index in [0.717, 1.165) is 29.3 Å². The van der Waals surface area contributed by atoms with E-state index in [1.54, 1.807) is 29.2 Å². The highest BCUT2D eigenvalue weighted by atomic mass is 19.1. The summed E-state index contributed by atoms with van der Waals surface area (Å²) in [6.07, 6.45) is 7.73. The fourth-order valence-electron chi connectivity index (χ4n) is 3.60. The molecule has 146 valence electrons. The van der Waals surface area contributed by atoms with Gasteiger partial charge in [-0.1, -0.05) is 36.4 Å². The first-order valence-corrected chi connectivity index (χ1v) is 9.84. The zero-order chi connectivity index (χ0) is 20.2. The number of aryl methyl sites for hydroxylation is 1. The van der Waals surface area contributed by atoms with Crippen LogP contribution >= 0.6 is 0 Å². The molecule has 29 heavy (non-hydrogen) atoms.